The maximum Gasteiger partial charge on any atom is 0.282 e. The maximum atomic E-state index is 13.4. The molecule has 5 nitrogen and oxygen atoms in total. The quantitative estimate of drug-likeness (QED) is 0.236. The molecule has 1 heterocycles. The van der Waals surface area contributed by atoms with Gasteiger partial charge in [-0.1, -0.05) is 71.2 Å². The average molecular weight is 539 g/mol. The second-order valence-corrected chi connectivity index (χ2v) is 9.61. The number of aromatic nitrogens is 2. The molecule has 174 valence electrons. The highest BCUT2D eigenvalue weighted by molar-refractivity contribution is 9.10. The molecule has 0 aliphatic rings. The fraction of sp³-hybridized carbons (Fsp3) is 0.222. The molecule has 0 N–H and O–H groups in total. The van der Waals surface area contributed by atoms with Crippen LogP contribution in [0.4, 0.5) is 0 Å². The summed E-state index contributed by atoms with van der Waals surface area (Å²) in [5.74, 6) is 1.29. The van der Waals surface area contributed by atoms with E-state index in [-0.39, 0.29) is 11.5 Å². The molecule has 0 aliphatic carbocycles. The van der Waals surface area contributed by atoms with Crippen molar-refractivity contribution >= 4 is 44.6 Å². The summed E-state index contributed by atoms with van der Waals surface area (Å²) in [5, 5.41) is 5.61. The predicted molar refractivity (Wildman–Crippen MR) is 142 cm³/mol. The second-order valence-electron chi connectivity index (χ2n) is 8.26. The van der Waals surface area contributed by atoms with Crippen LogP contribution in [0.15, 0.2) is 75.0 Å². The molecule has 0 saturated heterocycles. The molecule has 0 saturated carbocycles. The Morgan fingerprint density at radius 1 is 1.15 bits per heavy atom. The standard InChI is InChI=1S/C27H25BrClN3O2/c1-4-18(3)26-31-24-11-9-21(28)14-23(24)27(33)32(26)30-15-20-13-22(29)10-12-25(20)34-16-19-7-5-17(2)6-8-19/h5-15,18H,4,16H2,1-3H3/t18-/m0/s1. The monoisotopic (exact) mass is 537 g/mol. The number of halogens is 2. The smallest absolute Gasteiger partial charge is 0.282 e. The molecule has 0 fully saturated rings. The Hall–Kier alpha value is -2.96. The molecule has 0 spiro atoms. The van der Waals surface area contributed by atoms with E-state index in [1.54, 1.807) is 24.4 Å². The van der Waals surface area contributed by atoms with Crippen molar-refractivity contribution in [3.8, 4) is 5.75 Å². The summed E-state index contributed by atoms with van der Waals surface area (Å²) >= 11 is 9.70. The summed E-state index contributed by atoms with van der Waals surface area (Å²) in [6.07, 6.45) is 2.43. The Balaban J connectivity index is 1.73. The van der Waals surface area contributed by atoms with Crippen LogP contribution >= 0.6 is 27.5 Å². The van der Waals surface area contributed by atoms with Crippen LogP contribution in [0, 0.1) is 6.92 Å². The van der Waals surface area contributed by atoms with Gasteiger partial charge in [-0.05, 0) is 55.3 Å². The Morgan fingerprint density at radius 2 is 1.91 bits per heavy atom. The van der Waals surface area contributed by atoms with Crippen LogP contribution in [-0.2, 0) is 6.61 Å². The summed E-state index contributed by atoms with van der Waals surface area (Å²) in [5.41, 5.74) is 3.36. The largest absolute Gasteiger partial charge is 0.488 e. The van der Waals surface area contributed by atoms with Crippen molar-refractivity contribution in [1.82, 2.24) is 9.66 Å². The van der Waals surface area contributed by atoms with E-state index in [4.69, 9.17) is 21.3 Å². The van der Waals surface area contributed by atoms with Crippen LogP contribution < -0.4 is 10.3 Å². The van der Waals surface area contributed by atoms with Crippen molar-refractivity contribution in [2.45, 2.75) is 39.7 Å². The van der Waals surface area contributed by atoms with Gasteiger partial charge in [0.25, 0.3) is 5.56 Å². The van der Waals surface area contributed by atoms with Gasteiger partial charge in [-0.15, -0.1) is 0 Å². The Kier molecular flexibility index (Phi) is 7.49. The lowest BCUT2D eigenvalue weighted by molar-refractivity contribution is 0.306. The van der Waals surface area contributed by atoms with Crippen molar-refractivity contribution in [1.29, 1.82) is 0 Å². The molecule has 3 aromatic carbocycles. The fourth-order valence-corrected chi connectivity index (χ4v) is 4.04. The molecule has 0 bridgehead atoms. The highest BCUT2D eigenvalue weighted by Gasteiger charge is 2.16. The molecule has 7 heteroatoms. The lowest BCUT2D eigenvalue weighted by Crippen LogP contribution is -2.23. The highest BCUT2D eigenvalue weighted by atomic mass is 79.9. The summed E-state index contributed by atoms with van der Waals surface area (Å²) < 4.78 is 8.26. The number of benzene rings is 3. The summed E-state index contributed by atoms with van der Waals surface area (Å²) in [6.45, 7) is 6.55. The number of rotatable bonds is 7. The molecule has 1 atom stereocenters. The van der Waals surface area contributed by atoms with Gasteiger partial charge >= 0.3 is 0 Å². The molecule has 34 heavy (non-hydrogen) atoms. The Labute approximate surface area is 212 Å². The van der Waals surface area contributed by atoms with Crippen LogP contribution in [0.5, 0.6) is 5.75 Å². The van der Waals surface area contributed by atoms with Crippen LogP contribution in [0.25, 0.3) is 10.9 Å². The molecular weight excluding hydrogens is 514 g/mol. The number of hydrogen-bond donors (Lipinski definition) is 0. The average Bonchev–Trinajstić information content (AvgIpc) is 2.83. The zero-order valence-corrected chi connectivity index (χ0v) is 21.6. The first-order chi connectivity index (χ1) is 16.4. The third kappa shape index (κ3) is 5.40. The lowest BCUT2D eigenvalue weighted by atomic mass is 10.1. The van der Waals surface area contributed by atoms with Gasteiger partial charge in [0.1, 0.15) is 18.2 Å². The van der Waals surface area contributed by atoms with Gasteiger partial charge in [-0.2, -0.15) is 9.78 Å². The molecule has 0 aliphatic heterocycles. The van der Waals surface area contributed by atoms with Crippen molar-refractivity contribution < 1.29 is 4.74 Å². The van der Waals surface area contributed by atoms with Gasteiger partial charge in [-0.3, -0.25) is 4.79 Å². The number of ether oxygens (including phenoxy) is 1. The van der Waals surface area contributed by atoms with Gasteiger partial charge < -0.3 is 4.74 Å². The normalized spacial score (nSPS) is 12.4. The van der Waals surface area contributed by atoms with E-state index in [0.717, 1.165) is 16.5 Å². The van der Waals surface area contributed by atoms with Crippen LogP contribution in [0.3, 0.4) is 0 Å². The van der Waals surface area contributed by atoms with E-state index in [2.05, 4.69) is 40.1 Å². The van der Waals surface area contributed by atoms with Crippen LogP contribution in [-0.4, -0.2) is 15.9 Å². The SMILES string of the molecule is CC[C@H](C)c1nc2ccc(Br)cc2c(=O)n1N=Cc1cc(Cl)ccc1OCc1ccc(C)cc1. The minimum atomic E-state index is -0.220. The number of fused-ring (bicyclic) bond motifs is 1. The third-order valence-electron chi connectivity index (χ3n) is 5.69. The highest BCUT2D eigenvalue weighted by Crippen LogP contribution is 2.24. The lowest BCUT2D eigenvalue weighted by Gasteiger charge is -2.14. The number of hydrogen-bond acceptors (Lipinski definition) is 4. The Bertz CT molecular complexity index is 1410. The molecule has 4 rings (SSSR count). The summed E-state index contributed by atoms with van der Waals surface area (Å²) in [6, 6.07) is 19.0. The minimum absolute atomic E-state index is 0.0505. The van der Waals surface area contributed by atoms with Crippen molar-refractivity contribution in [3.05, 3.63) is 103 Å². The van der Waals surface area contributed by atoms with Crippen LogP contribution in [0.1, 0.15) is 48.7 Å². The first-order valence-electron chi connectivity index (χ1n) is 11.1. The summed E-state index contributed by atoms with van der Waals surface area (Å²) in [4.78, 5) is 18.1. The van der Waals surface area contributed by atoms with E-state index in [1.807, 2.05) is 44.2 Å². The Morgan fingerprint density at radius 3 is 2.65 bits per heavy atom. The molecule has 4 aromatic rings. The zero-order chi connectivity index (χ0) is 24.2. The van der Waals surface area contributed by atoms with Gasteiger partial charge in [-0.25, -0.2) is 4.98 Å². The number of aryl methyl sites for hydroxylation is 1. The molecule has 0 radical (unpaired) electrons. The number of nitrogens with zero attached hydrogens (tertiary/aromatic N) is 3. The van der Waals surface area contributed by atoms with Crippen molar-refractivity contribution in [2.75, 3.05) is 0 Å². The van der Waals surface area contributed by atoms with Crippen molar-refractivity contribution in [2.24, 2.45) is 5.10 Å². The van der Waals surface area contributed by atoms with Crippen molar-refractivity contribution in [3.63, 3.8) is 0 Å². The van der Waals surface area contributed by atoms with E-state index >= 15 is 0 Å². The van der Waals surface area contributed by atoms with Gasteiger partial charge in [0.2, 0.25) is 0 Å². The third-order valence-corrected chi connectivity index (χ3v) is 6.41. The van der Waals surface area contributed by atoms with E-state index in [1.165, 1.54) is 10.2 Å². The summed E-state index contributed by atoms with van der Waals surface area (Å²) in [7, 11) is 0. The van der Waals surface area contributed by atoms with Gasteiger partial charge in [0.05, 0.1) is 17.1 Å². The fourth-order valence-electron chi connectivity index (χ4n) is 3.50. The molecule has 0 amide bonds. The molecule has 1 aromatic heterocycles. The topological polar surface area (TPSA) is 56.5 Å². The molecule has 0 unspecified atom stereocenters. The molecular formula is C27H25BrClN3O2. The van der Waals surface area contributed by atoms with Gasteiger partial charge in [0.15, 0.2) is 0 Å². The zero-order valence-electron chi connectivity index (χ0n) is 19.3. The second kappa shape index (κ2) is 10.5. The predicted octanol–water partition coefficient (Wildman–Crippen LogP) is 7.10. The van der Waals surface area contributed by atoms with Gasteiger partial charge in [0, 0.05) is 21.0 Å². The maximum absolute atomic E-state index is 13.4. The van der Waals surface area contributed by atoms with Crippen LogP contribution in [0.2, 0.25) is 5.02 Å². The van der Waals surface area contributed by atoms with E-state index in [9.17, 15) is 4.79 Å². The minimum Gasteiger partial charge on any atom is -0.488 e. The first kappa shape index (κ1) is 24.2. The van der Waals surface area contributed by atoms with E-state index < -0.39 is 0 Å². The first-order valence-corrected chi connectivity index (χ1v) is 12.3. The van der Waals surface area contributed by atoms with E-state index in [0.29, 0.717) is 39.7 Å².